The Morgan fingerprint density at radius 1 is 0.265 bits per heavy atom. The van der Waals surface area contributed by atoms with Gasteiger partial charge in [-0.25, -0.2) is 0 Å². The van der Waals surface area contributed by atoms with E-state index in [1.807, 2.05) is 45.3 Å². The molecule has 0 saturated carbocycles. The number of hydrogen-bond acceptors (Lipinski definition) is 7. The molecule has 0 radical (unpaired) electrons. The van der Waals surface area contributed by atoms with Gasteiger partial charge in [-0.05, 0) is 154 Å². The van der Waals surface area contributed by atoms with Crippen LogP contribution in [0.3, 0.4) is 0 Å². The second kappa shape index (κ2) is 47.4. The van der Waals surface area contributed by atoms with Crippen LogP contribution in [0.4, 0.5) is 0 Å². The van der Waals surface area contributed by atoms with E-state index in [1.165, 1.54) is 247 Å². The zero-order valence-corrected chi connectivity index (χ0v) is 83.8. The van der Waals surface area contributed by atoms with Crippen LogP contribution in [0.25, 0.3) is 38.3 Å². The molecule has 4 unspecified atom stereocenters. The molecular weight excluding hydrogens is 1550 g/mol. The molecule has 5 aromatic heterocycles. The highest BCUT2D eigenvalue weighted by Crippen LogP contribution is 2.61. The quantitative estimate of drug-likeness (QED) is 0.0295. The van der Waals surface area contributed by atoms with Gasteiger partial charge in [0.1, 0.15) is 27.3 Å². The van der Waals surface area contributed by atoms with E-state index in [4.69, 9.17) is 0 Å². The minimum absolute atomic E-state index is 0.527. The molecule has 9 aromatic rings. The third-order valence-electron chi connectivity index (χ3n) is 28.4. The lowest BCUT2D eigenvalue weighted by Crippen LogP contribution is -2.54. The fourth-order valence-corrected chi connectivity index (χ4v) is 46.9. The van der Waals surface area contributed by atoms with Gasteiger partial charge in [0.25, 0.3) is 0 Å². The molecule has 646 valence electrons. The molecule has 117 heavy (non-hydrogen) atoms. The second-order valence-electron chi connectivity index (χ2n) is 38.6. The van der Waals surface area contributed by atoms with E-state index >= 15 is 10.2 Å². The van der Waals surface area contributed by atoms with Crippen LogP contribution in [0, 0.1) is 23.7 Å². The van der Waals surface area contributed by atoms with Gasteiger partial charge in [-0.1, -0.05) is 447 Å². The van der Waals surface area contributed by atoms with Gasteiger partial charge in [-0.15, -0.1) is 56.7 Å². The first-order chi connectivity index (χ1) is 56.4. The molecule has 2 N–H and O–H groups in total. The Labute approximate surface area is 739 Å². The van der Waals surface area contributed by atoms with Crippen LogP contribution in [-0.4, -0.2) is 26.4 Å². The Bertz CT molecular complexity index is 4070. The summed E-state index contributed by atoms with van der Waals surface area (Å²) in [7, 11) is -4.18. The lowest BCUT2D eigenvalue weighted by Gasteiger charge is -2.42. The number of unbranched alkanes of at least 4 members (excludes halogenated alkanes) is 16. The Kier molecular flexibility index (Phi) is 39.3. The van der Waals surface area contributed by atoms with Gasteiger partial charge in [0.2, 0.25) is 0 Å². The normalized spacial score (nSPS) is 14.7. The van der Waals surface area contributed by atoms with Crippen molar-refractivity contribution in [3.05, 3.63) is 177 Å². The molecule has 0 aliphatic rings. The van der Waals surface area contributed by atoms with Crippen molar-refractivity contribution >= 4 is 101 Å². The van der Waals surface area contributed by atoms with Crippen molar-refractivity contribution in [1.29, 1.82) is 0 Å². The summed E-state index contributed by atoms with van der Waals surface area (Å²) >= 11 is 9.80. The molecule has 0 spiro atoms. The topological polar surface area (TPSA) is 40.5 Å². The number of rotatable bonds is 56. The number of fused-ring (bicyclic) bond motifs is 2. The molecule has 0 aliphatic carbocycles. The zero-order chi connectivity index (χ0) is 84.5. The summed E-state index contributed by atoms with van der Waals surface area (Å²) in [5, 5.41) is 31.5. The first-order valence-electron chi connectivity index (χ1n) is 48.5. The molecule has 0 aliphatic heterocycles. The SMILES string of the molecule is CCCCCCC(CCCC)Cc1ccc(C(O)(c2ccc(CC(CCCC)CCCCCC)cc2)c2c(-c3ccc([Si](C(C)C)(C(C)C)C(C)C)s3)sc3c(C(O)(c4ccc(CC(CCCC)CCCCCC)cc4)c4ccc(CC(CCCC)CCCCCC)cc4)c(-c4cc5sc([Si](C(C)C)(C(C)C)C(C)C)cc5s4)sc23)cc1. The molecule has 4 atom stereocenters. The molecule has 0 bridgehead atoms. The largest absolute Gasteiger partial charge is 0.376 e. The lowest BCUT2D eigenvalue weighted by molar-refractivity contribution is 0.127. The maximum Gasteiger partial charge on any atom is 0.143 e. The fourth-order valence-electron chi connectivity index (χ4n) is 22.1. The lowest BCUT2D eigenvalue weighted by atomic mass is 9.77. The summed E-state index contributed by atoms with van der Waals surface area (Å²) in [6, 6.07) is 48.3. The van der Waals surface area contributed by atoms with Crippen LogP contribution in [0.2, 0.25) is 33.2 Å². The molecule has 9 heteroatoms. The van der Waals surface area contributed by atoms with E-state index < -0.39 is 27.3 Å². The van der Waals surface area contributed by atoms with E-state index in [0.717, 1.165) is 78.2 Å². The van der Waals surface area contributed by atoms with E-state index in [0.29, 0.717) is 56.9 Å². The smallest absolute Gasteiger partial charge is 0.143 e. The predicted molar refractivity (Wildman–Crippen MR) is 535 cm³/mol. The monoisotopic (exact) mass is 1710 g/mol. The Hall–Kier alpha value is -3.75. The highest BCUT2D eigenvalue weighted by molar-refractivity contribution is 7.39. The Morgan fingerprint density at radius 2 is 0.530 bits per heavy atom. The summed E-state index contributed by atoms with van der Waals surface area (Å²) in [6.07, 6.45) is 44.9. The maximum atomic E-state index is 15.8. The van der Waals surface area contributed by atoms with Gasteiger partial charge >= 0.3 is 0 Å². The minimum Gasteiger partial charge on any atom is -0.376 e. The first-order valence-corrected chi connectivity index (χ1v) is 57.0. The van der Waals surface area contributed by atoms with Crippen LogP contribution in [-0.2, 0) is 36.9 Å². The van der Waals surface area contributed by atoms with Crippen molar-refractivity contribution in [2.75, 3.05) is 0 Å². The van der Waals surface area contributed by atoms with E-state index in [2.05, 4.69) is 271 Å². The third kappa shape index (κ3) is 23.4. The van der Waals surface area contributed by atoms with Crippen molar-refractivity contribution in [2.24, 2.45) is 23.7 Å². The van der Waals surface area contributed by atoms with Crippen LogP contribution in [0.1, 0.15) is 400 Å². The summed E-state index contributed by atoms with van der Waals surface area (Å²) in [6.45, 7) is 48.9. The number of hydrogen-bond donors (Lipinski definition) is 2. The van der Waals surface area contributed by atoms with Gasteiger partial charge in [0.05, 0.1) is 19.2 Å². The van der Waals surface area contributed by atoms with E-state index in [-0.39, 0.29) is 0 Å². The Balaban J connectivity index is 1.42. The highest BCUT2D eigenvalue weighted by atomic mass is 32.1. The first kappa shape index (κ1) is 97.1. The van der Waals surface area contributed by atoms with Gasteiger partial charge in [-0.3, -0.25) is 0 Å². The number of aliphatic hydroxyl groups is 2. The average Bonchev–Trinajstić information content (AvgIpc) is 1.53. The van der Waals surface area contributed by atoms with Crippen molar-refractivity contribution in [3.63, 3.8) is 0 Å². The van der Waals surface area contributed by atoms with Crippen molar-refractivity contribution in [3.8, 4) is 19.5 Å². The zero-order valence-electron chi connectivity index (χ0n) is 77.7. The maximum absolute atomic E-state index is 15.8. The molecule has 4 aromatic carbocycles. The fraction of sp³-hybridized carbons (Fsp3) is 0.630. The van der Waals surface area contributed by atoms with Gasteiger partial charge in [-0.2, -0.15) is 0 Å². The molecule has 0 saturated heterocycles. The molecular formula is C108H164O2S5Si2. The van der Waals surface area contributed by atoms with Crippen LogP contribution < -0.4 is 9.00 Å². The van der Waals surface area contributed by atoms with Gasteiger partial charge in [0, 0.05) is 30.3 Å². The summed E-state index contributed by atoms with van der Waals surface area (Å²) in [4.78, 5) is 4.68. The number of thiophene rings is 5. The standard InChI is InChI=1S/C108H164O2S5Si2/c1-21-29-37-41-49-83(45-33-25-5)71-87-53-61-91(62-54-87)107(109,92-63-55-88(56-64-92)72-84(46-34-26-6)50-42-38-30-22-2)101-103(95-69-70-99(112-95)116(77(9)10,78(11)12)79(13)14)114-106-102(104(115-105(101)106)98-75-96-97(111-98)76-100(113-96)117(80(15)16,81(17)18)82(19)20)108(110,93-65-57-89(58-66-93)73-85(47-35-27-7)51-43-39-31-23-3)94-67-59-90(60-68-94)74-86(48-36-28-8)52-44-40-32-24-4/h53-70,75-86,109-110H,21-52,71-74H2,1-20H3. The van der Waals surface area contributed by atoms with Gasteiger partial charge < -0.3 is 10.2 Å². The van der Waals surface area contributed by atoms with Crippen molar-refractivity contribution in [1.82, 2.24) is 0 Å². The van der Waals surface area contributed by atoms with Crippen LogP contribution in [0.15, 0.2) is 121 Å². The van der Waals surface area contributed by atoms with E-state index in [1.54, 1.807) is 9.00 Å². The number of benzene rings is 4. The van der Waals surface area contributed by atoms with E-state index in [9.17, 15) is 0 Å². The van der Waals surface area contributed by atoms with Crippen LogP contribution >= 0.6 is 56.7 Å². The highest BCUT2D eigenvalue weighted by Gasteiger charge is 2.50. The third-order valence-corrected chi connectivity index (χ3v) is 50.5. The van der Waals surface area contributed by atoms with Crippen LogP contribution in [0.5, 0.6) is 0 Å². The van der Waals surface area contributed by atoms with Crippen molar-refractivity contribution < 1.29 is 10.2 Å². The Morgan fingerprint density at radius 3 is 0.803 bits per heavy atom. The minimum atomic E-state index is -2.18. The molecule has 2 nitrogen and oxygen atoms in total. The van der Waals surface area contributed by atoms with Crippen molar-refractivity contribution in [2.45, 2.75) is 414 Å². The summed E-state index contributed by atoms with van der Waals surface area (Å²) in [5.41, 5.74) is 11.2. The molecule has 9 rings (SSSR count). The summed E-state index contributed by atoms with van der Waals surface area (Å²) < 4.78 is 8.08. The predicted octanol–water partition coefficient (Wildman–Crippen LogP) is 35.3. The van der Waals surface area contributed by atoms with Gasteiger partial charge in [0.15, 0.2) is 0 Å². The second-order valence-corrected chi connectivity index (χ2v) is 56.4. The molecule has 5 heterocycles. The molecule has 0 fully saturated rings. The summed E-state index contributed by atoms with van der Waals surface area (Å²) in [5.74, 6) is 2.52. The average molecular weight is 1710 g/mol. The molecule has 0 amide bonds.